The molecular weight excluding hydrogens is 214 g/mol. The van der Waals surface area contributed by atoms with Gasteiger partial charge in [-0.05, 0) is 49.8 Å². The molecule has 0 bridgehead atoms. The van der Waals surface area contributed by atoms with Crippen LogP contribution >= 0.6 is 11.8 Å². The molecule has 1 rings (SSSR count). The summed E-state index contributed by atoms with van der Waals surface area (Å²) in [7, 11) is 2.13. The molecule has 1 aliphatic carbocycles. The molecule has 0 radical (unpaired) electrons. The van der Waals surface area contributed by atoms with Gasteiger partial charge in [0, 0.05) is 11.3 Å². The number of hydrogen-bond acceptors (Lipinski definition) is 2. The minimum atomic E-state index is 0.732. The summed E-state index contributed by atoms with van der Waals surface area (Å²) >= 11 is 2.21. The summed E-state index contributed by atoms with van der Waals surface area (Å²) in [5.41, 5.74) is 0. The molecule has 4 atom stereocenters. The van der Waals surface area contributed by atoms with E-state index in [1.165, 1.54) is 25.0 Å². The second-order valence-electron chi connectivity index (χ2n) is 5.97. The lowest BCUT2D eigenvalue weighted by molar-refractivity contribution is 0.257. The van der Waals surface area contributed by atoms with Gasteiger partial charge in [-0.3, -0.25) is 0 Å². The van der Waals surface area contributed by atoms with Crippen molar-refractivity contribution in [1.29, 1.82) is 0 Å². The van der Waals surface area contributed by atoms with Gasteiger partial charge < -0.3 is 5.32 Å². The van der Waals surface area contributed by atoms with Gasteiger partial charge in [0.2, 0.25) is 0 Å². The van der Waals surface area contributed by atoms with Crippen LogP contribution in [-0.2, 0) is 0 Å². The molecule has 0 spiro atoms. The third kappa shape index (κ3) is 4.29. The Morgan fingerprint density at radius 2 is 1.94 bits per heavy atom. The van der Waals surface area contributed by atoms with Crippen LogP contribution in [0.25, 0.3) is 0 Å². The second kappa shape index (κ2) is 6.90. The first kappa shape index (κ1) is 14.4. The second-order valence-corrected chi connectivity index (χ2v) is 7.25. The van der Waals surface area contributed by atoms with E-state index in [1.54, 1.807) is 0 Å². The van der Waals surface area contributed by atoms with Gasteiger partial charge in [0.1, 0.15) is 0 Å². The Labute approximate surface area is 106 Å². The van der Waals surface area contributed by atoms with E-state index >= 15 is 0 Å². The molecule has 2 heteroatoms. The van der Waals surface area contributed by atoms with Gasteiger partial charge in [-0.15, -0.1) is 0 Å². The van der Waals surface area contributed by atoms with Gasteiger partial charge in [0.15, 0.2) is 0 Å². The molecule has 96 valence electrons. The van der Waals surface area contributed by atoms with Crippen molar-refractivity contribution in [1.82, 2.24) is 5.32 Å². The predicted octanol–water partition coefficient (Wildman–Crippen LogP) is 3.79. The maximum Gasteiger partial charge on any atom is 0.0226 e. The van der Waals surface area contributed by atoms with Gasteiger partial charge in [0.05, 0.1) is 0 Å². The number of thioether (sulfide) groups is 1. The van der Waals surface area contributed by atoms with Gasteiger partial charge >= 0.3 is 0 Å². The largest absolute Gasteiger partial charge is 0.316 e. The predicted molar refractivity (Wildman–Crippen MR) is 76.1 cm³/mol. The van der Waals surface area contributed by atoms with Crippen molar-refractivity contribution in [2.24, 2.45) is 17.8 Å². The highest BCUT2D eigenvalue weighted by molar-refractivity contribution is 7.99. The lowest BCUT2D eigenvalue weighted by atomic mass is 9.80. The van der Waals surface area contributed by atoms with E-state index in [9.17, 15) is 0 Å². The van der Waals surface area contributed by atoms with E-state index in [4.69, 9.17) is 0 Å². The molecule has 1 aliphatic rings. The first-order valence-electron chi connectivity index (χ1n) is 6.83. The smallest absolute Gasteiger partial charge is 0.0226 e. The quantitative estimate of drug-likeness (QED) is 0.788. The maximum atomic E-state index is 3.53. The Kier molecular flexibility index (Phi) is 6.20. The Bertz CT molecular complexity index is 193. The van der Waals surface area contributed by atoms with Crippen LogP contribution in [0.4, 0.5) is 0 Å². The SMILES string of the molecule is CNC1CC(C)CC(C)C1SCCC(C)C. The van der Waals surface area contributed by atoms with Crippen LogP contribution in [0.15, 0.2) is 0 Å². The normalized spacial score (nSPS) is 35.6. The van der Waals surface area contributed by atoms with E-state index < -0.39 is 0 Å². The topological polar surface area (TPSA) is 12.0 Å². The van der Waals surface area contributed by atoms with Crippen LogP contribution in [-0.4, -0.2) is 24.1 Å². The average Bonchev–Trinajstić information content (AvgIpc) is 2.20. The lowest BCUT2D eigenvalue weighted by Crippen LogP contribution is -2.45. The molecule has 0 amide bonds. The van der Waals surface area contributed by atoms with Crippen LogP contribution in [0.2, 0.25) is 0 Å². The molecule has 1 nitrogen and oxygen atoms in total. The molecule has 0 aromatic heterocycles. The van der Waals surface area contributed by atoms with Crippen molar-refractivity contribution < 1.29 is 0 Å². The number of rotatable bonds is 5. The summed E-state index contributed by atoms with van der Waals surface area (Å²) < 4.78 is 0. The fourth-order valence-corrected chi connectivity index (χ4v) is 4.63. The molecule has 1 N–H and O–H groups in total. The number of hydrogen-bond donors (Lipinski definition) is 1. The molecule has 0 aromatic rings. The fourth-order valence-electron chi connectivity index (χ4n) is 2.83. The monoisotopic (exact) mass is 243 g/mol. The highest BCUT2D eigenvalue weighted by Crippen LogP contribution is 2.36. The van der Waals surface area contributed by atoms with Gasteiger partial charge in [-0.25, -0.2) is 0 Å². The standard InChI is InChI=1S/C14H29NS/c1-10(2)6-7-16-14-12(4)8-11(3)9-13(14)15-5/h10-15H,6-9H2,1-5H3. The van der Waals surface area contributed by atoms with E-state index in [-0.39, 0.29) is 0 Å². The maximum absolute atomic E-state index is 3.53. The highest BCUT2D eigenvalue weighted by Gasteiger charge is 2.33. The van der Waals surface area contributed by atoms with Crippen molar-refractivity contribution >= 4 is 11.8 Å². The minimum Gasteiger partial charge on any atom is -0.316 e. The fraction of sp³-hybridized carbons (Fsp3) is 1.00. The zero-order valence-electron chi connectivity index (χ0n) is 11.6. The summed E-state index contributed by atoms with van der Waals surface area (Å²) in [4.78, 5) is 0. The van der Waals surface area contributed by atoms with Crippen molar-refractivity contribution in [2.45, 2.75) is 58.2 Å². The zero-order chi connectivity index (χ0) is 12.1. The van der Waals surface area contributed by atoms with E-state index in [0.717, 1.165) is 29.0 Å². The molecule has 1 saturated carbocycles. The van der Waals surface area contributed by atoms with Crippen molar-refractivity contribution in [3.8, 4) is 0 Å². The Morgan fingerprint density at radius 3 is 2.50 bits per heavy atom. The van der Waals surface area contributed by atoms with Crippen LogP contribution in [0.5, 0.6) is 0 Å². The van der Waals surface area contributed by atoms with E-state index in [2.05, 4.69) is 51.8 Å². The third-order valence-corrected chi connectivity index (χ3v) is 5.41. The first-order chi connectivity index (χ1) is 7.54. The van der Waals surface area contributed by atoms with E-state index in [0.29, 0.717) is 0 Å². The Balaban J connectivity index is 2.41. The van der Waals surface area contributed by atoms with Crippen LogP contribution < -0.4 is 5.32 Å². The molecule has 1 fully saturated rings. The molecule has 16 heavy (non-hydrogen) atoms. The third-order valence-electron chi connectivity index (χ3n) is 3.76. The van der Waals surface area contributed by atoms with Crippen LogP contribution in [0.1, 0.15) is 47.0 Å². The molecule has 0 heterocycles. The zero-order valence-corrected chi connectivity index (χ0v) is 12.4. The van der Waals surface area contributed by atoms with Crippen molar-refractivity contribution in [3.05, 3.63) is 0 Å². The summed E-state index contributed by atoms with van der Waals surface area (Å²) in [5, 5.41) is 4.37. The molecule has 0 saturated heterocycles. The summed E-state index contributed by atoms with van der Waals surface area (Å²) in [6.07, 6.45) is 4.14. The highest BCUT2D eigenvalue weighted by atomic mass is 32.2. The first-order valence-corrected chi connectivity index (χ1v) is 7.88. The minimum absolute atomic E-state index is 0.732. The average molecular weight is 243 g/mol. The Hall–Kier alpha value is 0.310. The van der Waals surface area contributed by atoms with Crippen molar-refractivity contribution in [2.75, 3.05) is 12.8 Å². The molecular formula is C14H29NS. The lowest BCUT2D eigenvalue weighted by Gasteiger charge is -2.39. The summed E-state index contributed by atoms with van der Waals surface area (Å²) in [6, 6.07) is 0.732. The van der Waals surface area contributed by atoms with Crippen LogP contribution in [0, 0.1) is 17.8 Å². The summed E-state index contributed by atoms with van der Waals surface area (Å²) in [6.45, 7) is 9.48. The Morgan fingerprint density at radius 1 is 1.25 bits per heavy atom. The molecule has 4 unspecified atom stereocenters. The molecule has 0 aromatic carbocycles. The molecule has 0 aliphatic heterocycles. The van der Waals surface area contributed by atoms with Gasteiger partial charge in [-0.1, -0.05) is 27.7 Å². The van der Waals surface area contributed by atoms with E-state index in [1.807, 2.05) is 0 Å². The van der Waals surface area contributed by atoms with Crippen molar-refractivity contribution in [3.63, 3.8) is 0 Å². The van der Waals surface area contributed by atoms with Gasteiger partial charge in [0.25, 0.3) is 0 Å². The van der Waals surface area contributed by atoms with Gasteiger partial charge in [-0.2, -0.15) is 11.8 Å². The van der Waals surface area contributed by atoms with Crippen LogP contribution in [0.3, 0.4) is 0 Å². The summed E-state index contributed by atoms with van der Waals surface area (Å²) in [5.74, 6) is 3.95. The number of nitrogens with one attached hydrogen (secondary N) is 1.